The molecule has 4 aliphatic heterocycles. The highest BCUT2D eigenvalue weighted by molar-refractivity contribution is 7.43. The van der Waals surface area contributed by atoms with E-state index < -0.39 is 17.2 Å². The minimum atomic E-state index is -1.90. The largest absolute Gasteiger partial charge is 0.530 e. The van der Waals surface area contributed by atoms with Crippen LogP contribution in [0.2, 0.25) is 0 Å². The van der Waals surface area contributed by atoms with Crippen LogP contribution in [-0.4, -0.2) is 0 Å². The molecule has 5 aliphatic rings. The fraction of sp³-hybridized carbons (Fsp3) is 0.182. The molecule has 0 saturated heterocycles. The van der Waals surface area contributed by atoms with E-state index in [1.165, 1.54) is 0 Å². The lowest BCUT2D eigenvalue weighted by molar-refractivity contribution is 0.373. The van der Waals surface area contributed by atoms with E-state index in [2.05, 4.69) is 125 Å². The molecule has 0 saturated carbocycles. The van der Waals surface area contributed by atoms with Gasteiger partial charge in [-0.25, -0.2) is 0 Å². The summed E-state index contributed by atoms with van der Waals surface area (Å²) in [7, 11) is -3.80. The van der Waals surface area contributed by atoms with Gasteiger partial charge in [0.05, 0.1) is 0 Å². The first-order chi connectivity index (χ1) is 25.4. The Morgan fingerprint density at radius 2 is 0.558 bits per heavy atom. The van der Waals surface area contributed by atoms with Crippen molar-refractivity contribution in [3.05, 3.63) is 176 Å². The third-order valence-corrected chi connectivity index (χ3v) is 12.0. The number of hydrogen-bond acceptors (Lipinski definition) is 6. The van der Waals surface area contributed by atoms with E-state index in [-0.39, 0.29) is 0 Å². The summed E-state index contributed by atoms with van der Waals surface area (Å²) in [5.41, 5.74) is 12.5. The average molecular weight is 725 g/mol. The number of hydrogen-bond donors (Lipinski definition) is 0. The summed E-state index contributed by atoms with van der Waals surface area (Å²) < 4.78 is 41.2. The number of fused-ring (bicyclic) bond motifs is 4. The molecule has 4 heterocycles. The highest BCUT2D eigenvalue weighted by Gasteiger charge is 2.33. The highest BCUT2D eigenvalue weighted by Crippen LogP contribution is 2.54. The van der Waals surface area contributed by atoms with Crippen LogP contribution in [0.15, 0.2) is 109 Å². The standard InChI is InChI=1S/C44H38O6P2/c1-27-11-5-12-28(2)39(27)45-51-47-41-31-15-7-19-35(41)25-37-21-9-17-33-24-34-18-10-22-38(26-36-20-8-16-32(23-31)42(36)48-51)44(34)50-52(49-43(33)37)46-40-29(3)13-6-14-30(40)4/h5-22H,23-26H2,1-4H3. The Bertz CT molecular complexity index is 2040. The van der Waals surface area contributed by atoms with Crippen LogP contribution in [0.5, 0.6) is 34.5 Å². The van der Waals surface area contributed by atoms with Gasteiger partial charge in [0, 0.05) is 25.7 Å². The maximum Gasteiger partial charge on any atom is 0.530 e. The van der Waals surface area contributed by atoms with Gasteiger partial charge in [-0.05, 0) is 94.5 Å². The molecular weight excluding hydrogens is 686 g/mol. The molecule has 0 amide bonds. The second-order valence-corrected chi connectivity index (χ2v) is 15.8. The van der Waals surface area contributed by atoms with E-state index in [1.807, 2.05) is 12.1 Å². The van der Waals surface area contributed by atoms with Gasteiger partial charge >= 0.3 is 17.2 Å². The maximum absolute atomic E-state index is 6.93. The Hall–Kier alpha value is -5.02. The van der Waals surface area contributed by atoms with Gasteiger partial charge < -0.3 is 27.1 Å². The van der Waals surface area contributed by atoms with Crippen LogP contribution < -0.4 is 27.1 Å². The second kappa shape index (κ2) is 13.5. The van der Waals surface area contributed by atoms with Crippen molar-refractivity contribution in [2.24, 2.45) is 0 Å². The van der Waals surface area contributed by atoms with Crippen molar-refractivity contribution < 1.29 is 27.1 Å². The summed E-state index contributed by atoms with van der Waals surface area (Å²) in [5.74, 6) is 4.68. The number of rotatable bonds is 4. The fourth-order valence-electron chi connectivity index (χ4n) is 7.40. The van der Waals surface area contributed by atoms with Crippen molar-refractivity contribution in [1.29, 1.82) is 0 Å². The van der Waals surface area contributed by atoms with Gasteiger partial charge in [-0.3, -0.25) is 0 Å². The van der Waals surface area contributed by atoms with Crippen LogP contribution in [0.3, 0.4) is 0 Å². The zero-order valence-electron chi connectivity index (χ0n) is 29.6. The molecule has 52 heavy (non-hydrogen) atoms. The van der Waals surface area contributed by atoms with Gasteiger partial charge in [0.25, 0.3) is 0 Å². The van der Waals surface area contributed by atoms with Crippen molar-refractivity contribution >= 4 is 17.2 Å². The molecule has 12 bridgehead atoms. The Labute approximate surface area is 307 Å². The van der Waals surface area contributed by atoms with Crippen LogP contribution in [-0.2, 0) is 25.7 Å². The average Bonchev–Trinajstić information content (AvgIpc) is 3.10. The second-order valence-electron chi connectivity index (χ2n) is 13.8. The molecule has 1 aliphatic carbocycles. The molecule has 6 nitrogen and oxygen atoms in total. The van der Waals surface area contributed by atoms with Gasteiger partial charge in [-0.1, -0.05) is 109 Å². The SMILES string of the molecule is Cc1cccc(C)c1OP1Oc2c3cccc2Cc2cccc4c2OP(Oc2c(C)cccc2C)Oc2c(cccc2Cc2cccc(c2O1)C3)C4. The molecular formula is C44H38O6P2. The van der Waals surface area contributed by atoms with Gasteiger partial charge in [-0.15, -0.1) is 0 Å². The topological polar surface area (TPSA) is 55.4 Å². The molecule has 6 aromatic carbocycles. The predicted octanol–water partition coefficient (Wildman–Crippen LogP) is 11.8. The van der Waals surface area contributed by atoms with Gasteiger partial charge in [0.1, 0.15) is 34.5 Å². The summed E-state index contributed by atoms with van der Waals surface area (Å²) in [5, 5.41) is 0. The lowest BCUT2D eigenvalue weighted by Crippen LogP contribution is -2.14. The van der Waals surface area contributed by atoms with Crippen molar-refractivity contribution in [2.75, 3.05) is 0 Å². The van der Waals surface area contributed by atoms with E-state index in [1.54, 1.807) is 0 Å². The lowest BCUT2D eigenvalue weighted by Gasteiger charge is -2.29. The Morgan fingerprint density at radius 3 is 0.788 bits per heavy atom. The molecule has 0 fully saturated rings. The van der Waals surface area contributed by atoms with E-state index in [0.717, 1.165) is 101 Å². The van der Waals surface area contributed by atoms with Gasteiger partial charge in [-0.2, -0.15) is 0 Å². The number of benzene rings is 6. The third-order valence-electron chi connectivity index (χ3n) is 10.0. The van der Waals surface area contributed by atoms with E-state index in [9.17, 15) is 0 Å². The number of para-hydroxylation sites is 6. The third kappa shape index (κ3) is 6.15. The molecule has 0 unspecified atom stereocenters. The first kappa shape index (κ1) is 32.9. The van der Waals surface area contributed by atoms with Gasteiger partial charge in [0.2, 0.25) is 0 Å². The molecule has 260 valence electrons. The van der Waals surface area contributed by atoms with Crippen molar-refractivity contribution in [2.45, 2.75) is 53.4 Å². The van der Waals surface area contributed by atoms with Crippen LogP contribution in [0, 0.1) is 27.7 Å². The molecule has 8 heteroatoms. The minimum absolute atomic E-state index is 0.561. The molecule has 0 spiro atoms. The zero-order valence-corrected chi connectivity index (χ0v) is 31.4. The minimum Gasteiger partial charge on any atom is -0.408 e. The van der Waals surface area contributed by atoms with Crippen LogP contribution in [0.4, 0.5) is 0 Å². The van der Waals surface area contributed by atoms with E-state index in [4.69, 9.17) is 27.1 Å². The fourth-order valence-corrected chi connectivity index (χ4v) is 10.0. The zero-order chi connectivity index (χ0) is 35.3. The molecule has 0 aromatic heterocycles. The Kier molecular flexibility index (Phi) is 8.54. The van der Waals surface area contributed by atoms with Crippen molar-refractivity contribution in [1.82, 2.24) is 0 Å². The molecule has 11 rings (SSSR count). The maximum atomic E-state index is 6.93. The molecule has 0 radical (unpaired) electrons. The van der Waals surface area contributed by atoms with Crippen LogP contribution >= 0.6 is 17.2 Å². The van der Waals surface area contributed by atoms with E-state index in [0.29, 0.717) is 25.7 Å². The predicted molar refractivity (Wildman–Crippen MR) is 206 cm³/mol. The smallest absolute Gasteiger partial charge is 0.408 e. The molecule has 6 aromatic rings. The number of aryl methyl sites for hydroxylation is 4. The first-order valence-electron chi connectivity index (χ1n) is 17.6. The summed E-state index contributed by atoms with van der Waals surface area (Å²) >= 11 is 0. The Balaban J connectivity index is 1.26. The molecule has 0 N–H and O–H groups in total. The Morgan fingerprint density at radius 1 is 0.346 bits per heavy atom. The van der Waals surface area contributed by atoms with Gasteiger partial charge in [0.15, 0.2) is 0 Å². The summed E-state index contributed by atoms with van der Waals surface area (Å²) in [4.78, 5) is 0. The summed E-state index contributed by atoms with van der Waals surface area (Å²) in [6.07, 6.45) is 2.43. The molecule has 0 atom stereocenters. The highest BCUT2D eigenvalue weighted by atomic mass is 31.2. The normalized spacial score (nSPS) is 14.7. The monoisotopic (exact) mass is 724 g/mol. The summed E-state index contributed by atoms with van der Waals surface area (Å²) in [6, 6.07) is 37.9. The van der Waals surface area contributed by atoms with Crippen LogP contribution in [0.1, 0.15) is 66.8 Å². The summed E-state index contributed by atoms with van der Waals surface area (Å²) in [6.45, 7) is 8.22. The quantitative estimate of drug-likeness (QED) is 0.169. The lowest BCUT2D eigenvalue weighted by atomic mass is 9.91. The van der Waals surface area contributed by atoms with Crippen molar-refractivity contribution in [3.8, 4) is 34.5 Å². The van der Waals surface area contributed by atoms with E-state index >= 15 is 0 Å². The van der Waals surface area contributed by atoms with Crippen LogP contribution in [0.25, 0.3) is 0 Å². The first-order valence-corrected chi connectivity index (χ1v) is 19.8. The van der Waals surface area contributed by atoms with Crippen molar-refractivity contribution in [3.63, 3.8) is 0 Å².